The number of aryl methyl sites for hydroxylation is 1. The maximum atomic E-state index is 10.6. The molecule has 0 radical (unpaired) electrons. The van der Waals surface area contributed by atoms with Crippen molar-refractivity contribution < 1.29 is 9.90 Å². The third-order valence-electron chi connectivity index (χ3n) is 2.82. The number of aliphatic carboxylic acids is 1. The van der Waals surface area contributed by atoms with Gasteiger partial charge in [0.25, 0.3) is 0 Å². The van der Waals surface area contributed by atoms with Crippen molar-refractivity contribution in [2.45, 2.75) is 26.8 Å². The van der Waals surface area contributed by atoms with Crippen LogP contribution in [0.2, 0.25) is 0 Å². The van der Waals surface area contributed by atoms with Crippen LogP contribution in [0, 0.1) is 6.92 Å². The Morgan fingerprint density at radius 1 is 1.47 bits per heavy atom. The first kappa shape index (κ1) is 13.5. The topological polar surface area (TPSA) is 49.3 Å². The van der Waals surface area contributed by atoms with Crippen LogP contribution in [0.4, 0.5) is 0 Å². The summed E-state index contributed by atoms with van der Waals surface area (Å²) in [4.78, 5) is 10.6. The normalized spacial score (nSPS) is 13.5. The average molecular weight is 233 g/mol. The fourth-order valence-electron chi connectivity index (χ4n) is 1.66. The molecule has 0 fully saturated rings. The van der Waals surface area contributed by atoms with Gasteiger partial charge in [-0.15, -0.1) is 0 Å². The lowest BCUT2D eigenvalue weighted by Gasteiger charge is -2.15. The largest absolute Gasteiger partial charge is 0.478 e. The zero-order valence-electron chi connectivity index (χ0n) is 10.5. The predicted molar refractivity (Wildman–Crippen MR) is 69.0 cm³/mol. The Kier molecular flexibility index (Phi) is 4.91. The number of hydrogen-bond acceptors (Lipinski definition) is 2. The van der Waals surface area contributed by atoms with Gasteiger partial charge in [-0.25, -0.2) is 4.79 Å². The van der Waals surface area contributed by atoms with Gasteiger partial charge in [-0.3, -0.25) is 0 Å². The molecule has 17 heavy (non-hydrogen) atoms. The van der Waals surface area contributed by atoms with E-state index in [1.807, 2.05) is 12.1 Å². The summed E-state index contributed by atoms with van der Waals surface area (Å²) < 4.78 is 0. The summed E-state index contributed by atoms with van der Waals surface area (Å²) in [5.74, 6) is -0.865. The number of rotatable bonds is 5. The minimum atomic E-state index is -0.865. The molecule has 0 heterocycles. The molecule has 3 heteroatoms. The number of nitrogens with one attached hydrogen (secondary N) is 1. The van der Waals surface area contributed by atoms with Crippen LogP contribution in [-0.4, -0.2) is 17.6 Å². The van der Waals surface area contributed by atoms with Crippen molar-refractivity contribution in [3.63, 3.8) is 0 Å². The Labute approximate surface area is 102 Å². The second-order valence-electron chi connectivity index (χ2n) is 4.18. The molecule has 0 amide bonds. The fraction of sp³-hybridized carbons (Fsp3) is 0.357. The zero-order valence-corrected chi connectivity index (χ0v) is 10.5. The van der Waals surface area contributed by atoms with Crippen molar-refractivity contribution >= 4 is 5.97 Å². The van der Waals surface area contributed by atoms with Crippen LogP contribution < -0.4 is 5.32 Å². The van der Waals surface area contributed by atoms with Crippen LogP contribution in [0.3, 0.4) is 0 Å². The lowest BCUT2D eigenvalue weighted by molar-refractivity contribution is -0.132. The second kappa shape index (κ2) is 6.21. The molecule has 1 unspecified atom stereocenters. The van der Waals surface area contributed by atoms with Crippen LogP contribution in [0.25, 0.3) is 0 Å². The molecule has 1 aromatic rings. The van der Waals surface area contributed by atoms with Gasteiger partial charge in [-0.2, -0.15) is 0 Å². The summed E-state index contributed by atoms with van der Waals surface area (Å²) in [7, 11) is 0. The number of carboxylic acids is 1. The highest BCUT2D eigenvalue weighted by Crippen LogP contribution is 2.16. The molecule has 0 aliphatic rings. The molecule has 1 atom stereocenters. The minimum absolute atomic E-state index is 0.217. The number of carbonyl (C=O) groups is 1. The quantitative estimate of drug-likeness (QED) is 0.769. The lowest BCUT2D eigenvalue weighted by Crippen LogP contribution is -2.20. The summed E-state index contributed by atoms with van der Waals surface area (Å²) in [6, 6.07) is 8.40. The summed E-state index contributed by atoms with van der Waals surface area (Å²) in [5.41, 5.74) is 2.86. The van der Waals surface area contributed by atoms with Gasteiger partial charge in [0.05, 0.1) is 0 Å². The first-order valence-electron chi connectivity index (χ1n) is 5.71. The van der Waals surface area contributed by atoms with E-state index in [9.17, 15) is 4.79 Å². The van der Waals surface area contributed by atoms with E-state index < -0.39 is 5.97 Å². The predicted octanol–water partition coefficient (Wildman–Crippen LogP) is 2.68. The van der Waals surface area contributed by atoms with Gasteiger partial charge in [0, 0.05) is 18.2 Å². The molecule has 2 N–H and O–H groups in total. The van der Waals surface area contributed by atoms with Crippen molar-refractivity contribution in [3.05, 3.63) is 47.0 Å². The highest BCUT2D eigenvalue weighted by Gasteiger charge is 2.06. The monoisotopic (exact) mass is 233 g/mol. The highest BCUT2D eigenvalue weighted by molar-refractivity contribution is 5.85. The van der Waals surface area contributed by atoms with Gasteiger partial charge in [0.2, 0.25) is 0 Å². The van der Waals surface area contributed by atoms with Crippen LogP contribution in [0.5, 0.6) is 0 Å². The molecule has 1 aromatic carbocycles. The Hall–Kier alpha value is -1.61. The van der Waals surface area contributed by atoms with Crippen molar-refractivity contribution in [3.8, 4) is 0 Å². The van der Waals surface area contributed by atoms with Gasteiger partial charge in [0.15, 0.2) is 0 Å². The molecule has 0 aliphatic heterocycles. The van der Waals surface area contributed by atoms with Gasteiger partial charge in [0.1, 0.15) is 0 Å². The van der Waals surface area contributed by atoms with E-state index in [2.05, 4.69) is 31.3 Å². The van der Waals surface area contributed by atoms with E-state index in [-0.39, 0.29) is 6.04 Å². The third-order valence-corrected chi connectivity index (χ3v) is 2.82. The molecular weight excluding hydrogens is 214 g/mol. The lowest BCUT2D eigenvalue weighted by atomic mass is 10.0. The Balaban J connectivity index is 2.57. The molecule has 0 aromatic heterocycles. The van der Waals surface area contributed by atoms with E-state index in [0.29, 0.717) is 12.1 Å². The molecule has 0 bridgehead atoms. The Morgan fingerprint density at radius 3 is 2.71 bits per heavy atom. The van der Waals surface area contributed by atoms with Crippen molar-refractivity contribution in [1.82, 2.24) is 5.32 Å². The maximum Gasteiger partial charge on any atom is 0.330 e. The second-order valence-corrected chi connectivity index (χ2v) is 4.18. The first-order valence-corrected chi connectivity index (χ1v) is 5.71. The Morgan fingerprint density at radius 2 is 2.12 bits per heavy atom. The Bertz CT molecular complexity index is 424. The maximum absolute atomic E-state index is 10.6. The van der Waals surface area contributed by atoms with E-state index in [4.69, 9.17) is 5.11 Å². The van der Waals surface area contributed by atoms with E-state index in [1.54, 1.807) is 13.0 Å². The van der Waals surface area contributed by atoms with Gasteiger partial charge < -0.3 is 10.4 Å². The van der Waals surface area contributed by atoms with E-state index >= 15 is 0 Å². The van der Waals surface area contributed by atoms with Crippen LogP contribution >= 0.6 is 0 Å². The van der Waals surface area contributed by atoms with Gasteiger partial charge >= 0.3 is 5.97 Å². The standard InChI is InChI=1S/C14H19NO2/c1-10-6-4-5-7-13(10)12(3)15-9-8-11(2)14(16)17/h4-8,12,15H,9H2,1-3H3,(H,16,17)/b11-8-. The van der Waals surface area contributed by atoms with Crippen LogP contribution in [-0.2, 0) is 4.79 Å². The first-order chi connectivity index (χ1) is 8.02. The molecular formula is C14H19NO2. The van der Waals surface area contributed by atoms with E-state index in [1.165, 1.54) is 11.1 Å². The number of benzene rings is 1. The molecule has 0 aliphatic carbocycles. The average Bonchev–Trinajstić information content (AvgIpc) is 2.29. The highest BCUT2D eigenvalue weighted by atomic mass is 16.4. The molecule has 1 rings (SSSR count). The van der Waals surface area contributed by atoms with Crippen molar-refractivity contribution in [1.29, 1.82) is 0 Å². The molecule has 0 spiro atoms. The summed E-state index contributed by atoms with van der Waals surface area (Å²) in [6.45, 7) is 6.31. The van der Waals surface area contributed by atoms with Crippen LogP contribution in [0.15, 0.2) is 35.9 Å². The van der Waals surface area contributed by atoms with Gasteiger partial charge in [-0.1, -0.05) is 30.3 Å². The van der Waals surface area contributed by atoms with E-state index in [0.717, 1.165) is 0 Å². The number of hydrogen-bond donors (Lipinski definition) is 2. The third kappa shape index (κ3) is 4.04. The molecule has 3 nitrogen and oxygen atoms in total. The SMILES string of the molecule is C/C(=C/CNC(C)c1ccccc1C)C(=O)O. The van der Waals surface area contributed by atoms with Gasteiger partial charge in [-0.05, 0) is 31.9 Å². The smallest absolute Gasteiger partial charge is 0.330 e. The fourth-order valence-corrected chi connectivity index (χ4v) is 1.66. The minimum Gasteiger partial charge on any atom is -0.478 e. The molecule has 0 saturated heterocycles. The molecule has 92 valence electrons. The summed E-state index contributed by atoms with van der Waals surface area (Å²) in [6.07, 6.45) is 1.69. The summed E-state index contributed by atoms with van der Waals surface area (Å²) >= 11 is 0. The number of carboxylic acid groups (broad SMARTS) is 1. The zero-order chi connectivity index (χ0) is 12.8. The van der Waals surface area contributed by atoms with Crippen LogP contribution in [0.1, 0.15) is 31.0 Å². The summed E-state index contributed by atoms with van der Waals surface area (Å²) in [5, 5.41) is 12.0. The van der Waals surface area contributed by atoms with Crippen molar-refractivity contribution in [2.24, 2.45) is 0 Å². The van der Waals surface area contributed by atoms with Crippen molar-refractivity contribution in [2.75, 3.05) is 6.54 Å². The molecule has 0 saturated carbocycles.